The fourth-order valence-corrected chi connectivity index (χ4v) is 2.52. The van der Waals surface area contributed by atoms with Gasteiger partial charge in [-0.05, 0) is 46.5 Å². The first kappa shape index (κ1) is 17.4. The number of hydrogen-bond acceptors (Lipinski definition) is 5. The fourth-order valence-electron chi connectivity index (χ4n) is 2.52. The zero-order chi connectivity index (χ0) is 17.6. The molecular weight excluding hydrogens is 294 g/mol. The van der Waals surface area contributed by atoms with Crippen LogP contribution in [0.5, 0.6) is 0 Å². The van der Waals surface area contributed by atoms with E-state index >= 15 is 0 Å². The van der Waals surface area contributed by atoms with Crippen LogP contribution in [0.15, 0.2) is 16.8 Å². The Morgan fingerprint density at radius 2 is 1.96 bits per heavy atom. The van der Waals surface area contributed by atoms with Gasteiger partial charge in [-0.1, -0.05) is 19.9 Å². The van der Waals surface area contributed by atoms with Gasteiger partial charge in [0.05, 0.1) is 17.0 Å². The Balaban J connectivity index is 2.43. The summed E-state index contributed by atoms with van der Waals surface area (Å²) in [6.07, 6.45) is 2.68. The van der Waals surface area contributed by atoms with Crippen LogP contribution in [-0.2, 0) is 14.3 Å². The number of hydrazone groups is 1. The van der Waals surface area contributed by atoms with E-state index in [-0.39, 0.29) is 11.6 Å². The molecule has 1 amide bonds. The molecule has 0 unspecified atom stereocenters. The van der Waals surface area contributed by atoms with Crippen molar-refractivity contribution in [2.24, 2.45) is 11.0 Å². The molecule has 0 radical (unpaired) electrons. The van der Waals surface area contributed by atoms with Crippen LogP contribution in [0.4, 0.5) is 0 Å². The summed E-state index contributed by atoms with van der Waals surface area (Å²) in [6, 6.07) is 0. The summed E-state index contributed by atoms with van der Waals surface area (Å²) in [4.78, 5) is 25.3. The second-order valence-corrected chi connectivity index (χ2v) is 7.37. The summed E-state index contributed by atoms with van der Waals surface area (Å²) >= 11 is 0. The average Bonchev–Trinajstić information content (AvgIpc) is 3.18. The van der Waals surface area contributed by atoms with Crippen LogP contribution in [0.2, 0.25) is 0 Å². The van der Waals surface area contributed by atoms with E-state index in [9.17, 15) is 9.59 Å². The summed E-state index contributed by atoms with van der Waals surface area (Å²) < 4.78 is 5.48. The lowest BCUT2D eigenvalue weighted by Crippen LogP contribution is -2.51. The van der Waals surface area contributed by atoms with Crippen molar-refractivity contribution in [3.63, 3.8) is 0 Å². The number of nitrogens with one attached hydrogen (secondary N) is 1. The lowest BCUT2D eigenvalue weighted by molar-refractivity contribution is -0.166. The lowest BCUT2D eigenvalue weighted by Gasteiger charge is -2.33. The molecule has 6 heteroatoms. The smallest absolute Gasteiger partial charge is 0.334 e. The molecule has 23 heavy (non-hydrogen) atoms. The summed E-state index contributed by atoms with van der Waals surface area (Å²) in [7, 11) is 0. The van der Waals surface area contributed by atoms with Crippen molar-refractivity contribution >= 4 is 23.3 Å². The van der Waals surface area contributed by atoms with Gasteiger partial charge >= 0.3 is 5.97 Å². The van der Waals surface area contributed by atoms with Gasteiger partial charge in [0.1, 0.15) is 5.60 Å². The number of rotatable bonds is 3. The van der Waals surface area contributed by atoms with E-state index in [0.717, 1.165) is 0 Å². The Hall–Kier alpha value is -1.98. The number of hydrogen-bond donors (Lipinski definition) is 1. The summed E-state index contributed by atoms with van der Waals surface area (Å²) in [6.45, 7) is 11.0. The van der Waals surface area contributed by atoms with Gasteiger partial charge in [-0.2, -0.15) is 5.10 Å². The average molecular weight is 319 g/mol. The van der Waals surface area contributed by atoms with E-state index in [1.165, 1.54) is 5.01 Å². The zero-order valence-electron chi connectivity index (χ0n) is 14.7. The molecule has 2 rings (SSSR count). The molecule has 1 heterocycles. The molecule has 2 aliphatic rings. The van der Waals surface area contributed by atoms with Crippen molar-refractivity contribution in [3.8, 4) is 0 Å². The van der Waals surface area contributed by atoms with Crippen molar-refractivity contribution in [2.75, 3.05) is 0 Å². The molecule has 1 aliphatic carbocycles. The van der Waals surface area contributed by atoms with Crippen molar-refractivity contribution in [3.05, 3.63) is 11.6 Å². The highest BCUT2D eigenvalue weighted by Gasteiger charge is 2.61. The van der Waals surface area contributed by atoms with E-state index in [1.54, 1.807) is 33.8 Å². The molecule has 0 aromatic carbocycles. The Bertz CT molecular complexity index is 619. The molecule has 1 aliphatic heterocycles. The normalized spacial score (nSPS) is 22.5. The Labute approximate surface area is 137 Å². The van der Waals surface area contributed by atoms with Gasteiger partial charge in [-0.3, -0.25) is 10.2 Å². The van der Waals surface area contributed by atoms with Gasteiger partial charge in [-0.25, -0.2) is 9.80 Å². The number of carbonyl (C=O) groups is 2. The minimum absolute atomic E-state index is 0.0116. The number of carbonyl (C=O) groups excluding carboxylic acids is 2. The molecule has 0 aromatic rings. The van der Waals surface area contributed by atoms with Crippen molar-refractivity contribution in [1.29, 1.82) is 5.41 Å². The first-order valence-electron chi connectivity index (χ1n) is 7.95. The molecule has 0 aromatic heterocycles. The second-order valence-electron chi connectivity index (χ2n) is 7.37. The van der Waals surface area contributed by atoms with Gasteiger partial charge in [0.15, 0.2) is 5.54 Å². The van der Waals surface area contributed by atoms with Gasteiger partial charge in [0, 0.05) is 0 Å². The van der Waals surface area contributed by atoms with Gasteiger partial charge in [-0.15, -0.1) is 0 Å². The predicted molar refractivity (Wildman–Crippen MR) is 88.4 cm³/mol. The van der Waals surface area contributed by atoms with E-state index < -0.39 is 23.0 Å². The van der Waals surface area contributed by atoms with Crippen LogP contribution in [0.3, 0.4) is 0 Å². The van der Waals surface area contributed by atoms with E-state index in [0.29, 0.717) is 24.1 Å². The maximum Gasteiger partial charge on any atom is 0.334 e. The SMILES string of the molecule is C/C=C1\C(=N)C(C(C)C)=NN(C2(C(=O)OC(C)(C)C)CC2)C1=O. The molecule has 1 N–H and O–H groups in total. The quantitative estimate of drug-likeness (QED) is 0.641. The minimum Gasteiger partial charge on any atom is -0.458 e. The van der Waals surface area contributed by atoms with Crippen LogP contribution >= 0.6 is 0 Å². The molecule has 0 saturated heterocycles. The summed E-state index contributed by atoms with van der Waals surface area (Å²) in [5.74, 6) is -0.832. The third-order valence-electron chi connectivity index (χ3n) is 3.90. The molecule has 0 spiro atoms. The number of ether oxygens (including phenoxy) is 1. The first-order chi connectivity index (χ1) is 10.5. The number of esters is 1. The molecule has 0 atom stereocenters. The van der Waals surface area contributed by atoms with E-state index in [1.807, 2.05) is 13.8 Å². The monoisotopic (exact) mass is 319 g/mol. The third kappa shape index (κ3) is 3.07. The van der Waals surface area contributed by atoms with Crippen molar-refractivity contribution in [2.45, 2.75) is 65.5 Å². The Kier molecular flexibility index (Phi) is 4.22. The number of amides is 1. The van der Waals surface area contributed by atoms with Crippen LogP contribution in [0.25, 0.3) is 0 Å². The molecule has 0 bridgehead atoms. The Morgan fingerprint density at radius 1 is 1.39 bits per heavy atom. The molecule has 1 saturated carbocycles. The van der Waals surface area contributed by atoms with Gasteiger partial charge < -0.3 is 4.74 Å². The van der Waals surface area contributed by atoms with Crippen LogP contribution < -0.4 is 0 Å². The highest BCUT2D eigenvalue weighted by atomic mass is 16.6. The van der Waals surface area contributed by atoms with E-state index in [2.05, 4.69) is 5.10 Å². The molecule has 1 fully saturated rings. The Morgan fingerprint density at radius 3 is 2.35 bits per heavy atom. The first-order valence-corrected chi connectivity index (χ1v) is 7.95. The fraction of sp³-hybridized carbons (Fsp3) is 0.647. The second kappa shape index (κ2) is 5.58. The maximum atomic E-state index is 12.7. The standard InChI is InChI=1S/C17H25N3O3/c1-7-11-12(18)13(10(2)3)19-20(14(11)21)17(8-9-17)15(22)23-16(4,5)6/h7,10,18H,8-9H2,1-6H3/b11-7+,18-12?. The minimum atomic E-state index is -1.01. The highest BCUT2D eigenvalue weighted by Crippen LogP contribution is 2.45. The summed E-state index contributed by atoms with van der Waals surface area (Å²) in [5.41, 5.74) is -0.680. The van der Waals surface area contributed by atoms with Crippen LogP contribution in [-0.4, -0.2) is 39.4 Å². The largest absolute Gasteiger partial charge is 0.458 e. The van der Waals surface area contributed by atoms with Gasteiger partial charge in [0.2, 0.25) is 0 Å². The number of nitrogens with zero attached hydrogens (tertiary/aromatic N) is 2. The predicted octanol–water partition coefficient (Wildman–Crippen LogP) is 2.68. The van der Waals surface area contributed by atoms with Crippen LogP contribution in [0.1, 0.15) is 54.4 Å². The number of allylic oxidation sites excluding steroid dienone is 1. The van der Waals surface area contributed by atoms with Crippen LogP contribution in [0, 0.1) is 11.3 Å². The lowest BCUT2D eigenvalue weighted by atomic mass is 9.95. The third-order valence-corrected chi connectivity index (χ3v) is 3.90. The maximum absolute atomic E-state index is 12.7. The van der Waals surface area contributed by atoms with Gasteiger partial charge in [0.25, 0.3) is 5.91 Å². The van der Waals surface area contributed by atoms with E-state index in [4.69, 9.17) is 10.1 Å². The van der Waals surface area contributed by atoms with Crippen molar-refractivity contribution in [1.82, 2.24) is 5.01 Å². The summed E-state index contributed by atoms with van der Waals surface area (Å²) in [5, 5.41) is 13.8. The highest BCUT2D eigenvalue weighted by molar-refractivity contribution is 6.54. The molecular formula is C17H25N3O3. The molecule has 6 nitrogen and oxygen atoms in total. The molecule has 126 valence electrons. The topological polar surface area (TPSA) is 82.8 Å². The zero-order valence-corrected chi connectivity index (χ0v) is 14.7. The van der Waals surface area contributed by atoms with Crippen molar-refractivity contribution < 1.29 is 14.3 Å².